The summed E-state index contributed by atoms with van der Waals surface area (Å²) in [7, 11) is 0. The number of benzene rings is 3. The predicted octanol–water partition coefficient (Wildman–Crippen LogP) is 10.2. The summed E-state index contributed by atoms with van der Waals surface area (Å²) in [5, 5.41) is 14.6. The van der Waals surface area contributed by atoms with Crippen molar-refractivity contribution in [1.82, 2.24) is 4.98 Å². The zero-order chi connectivity index (χ0) is 27.4. The fraction of sp³-hybridized carbons (Fsp3) is 0.405. The van der Waals surface area contributed by atoms with Crippen LogP contribution in [0.3, 0.4) is 0 Å². The smallest absolute Gasteiger partial charge is 0.162 e. The topological polar surface area (TPSA) is 50.2 Å². The number of fused-ring (bicyclic) bond motifs is 2. The number of hydrogen-bond acceptors (Lipinski definition) is 3. The summed E-state index contributed by atoms with van der Waals surface area (Å²) >= 11 is 0. The summed E-state index contributed by atoms with van der Waals surface area (Å²) < 4.78 is 0. The number of aromatic nitrogens is 1. The fourth-order valence-electron chi connectivity index (χ4n) is 6.01. The maximum absolute atomic E-state index is 11.8. The van der Waals surface area contributed by atoms with Gasteiger partial charge < -0.3 is 10.1 Å². The Labute approximate surface area is 259 Å². The first-order valence-electron chi connectivity index (χ1n) is 14.5. The van der Waals surface area contributed by atoms with Gasteiger partial charge in [0.05, 0.1) is 5.76 Å². The van der Waals surface area contributed by atoms with E-state index in [4.69, 9.17) is 4.98 Å². The van der Waals surface area contributed by atoms with E-state index in [9.17, 15) is 9.90 Å². The largest absolute Gasteiger partial charge is 0.512 e. The molecule has 1 aromatic heterocycles. The van der Waals surface area contributed by atoms with Gasteiger partial charge in [-0.1, -0.05) is 102 Å². The summed E-state index contributed by atoms with van der Waals surface area (Å²) in [4.78, 5) is 16.5. The molecular formula is C37H44IrNO2-. The molecule has 3 nitrogen and oxygen atoms in total. The minimum atomic E-state index is 0. The SMILES string of the molecule is C.CC(C)(C)c1ccc2ccnc(-c3[c-]ccc4ccccc34)c2c1.O=C(C=C(O)C1CCCC1)C1CCCC1.[Ir]. The maximum Gasteiger partial charge on any atom is 0.162 e. The molecule has 4 heteroatoms. The summed E-state index contributed by atoms with van der Waals surface area (Å²) in [5.74, 6) is 0.991. The predicted molar refractivity (Wildman–Crippen MR) is 169 cm³/mol. The van der Waals surface area contributed by atoms with Crippen LogP contribution < -0.4 is 0 Å². The molecule has 41 heavy (non-hydrogen) atoms. The molecule has 1 radical (unpaired) electrons. The third-order valence-electron chi connectivity index (χ3n) is 8.41. The third-order valence-corrected chi connectivity index (χ3v) is 8.41. The Bertz CT molecular complexity index is 1480. The molecule has 0 aliphatic heterocycles. The number of rotatable bonds is 4. The van der Waals surface area contributed by atoms with Crippen LogP contribution in [-0.2, 0) is 30.3 Å². The minimum Gasteiger partial charge on any atom is -0.512 e. The number of ketones is 1. The summed E-state index contributed by atoms with van der Waals surface area (Å²) in [6, 6.07) is 24.7. The molecule has 2 saturated carbocycles. The van der Waals surface area contributed by atoms with E-state index in [0.29, 0.717) is 5.76 Å². The summed E-state index contributed by atoms with van der Waals surface area (Å²) in [6.07, 6.45) is 12.3. The first kappa shape index (κ1) is 32.7. The van der Waals surface area contributed by atoms with Gasteiger partial charge in [-0.2, -0.15) is 0 Å². The second-order valence-electron chi connectivity index (χ2n) is 12.2. The Morgan fingerprint density at radius 1 is 0.878 bits per heavy atom. The van der Waals surface area contributed by atoms with Crippen molar-refractivity contribution in [3.63, 3.8) is 0 Å². The average molecular weight is 727 g/mol. The summed E-state index contributed by atoms with van der Waals surface area (Å²) in [5.41, 5.74) is 3.52. The molecule has 1 heterocycles. The fourth-order valence-corrected chi connectivity index (χ4v) is 6.01. The van der Waals surface area contributed by atoms with Crippen LogP contribution in [0.1, 0.15) is 85.1 Å². The van der Waals surface area contributed by atoms with Gasteiger partial charge >= 0.3 is 0 Å². The Kier molecular flexibility index (Phi) is 11.5. The molecule has 2 aliphatic rings. The average Bonchev–Trinajstić information content (AvgIpc) is 3.67. The molecule has 0 bridgehead atoms. The van der Waals surface area contributed by atoms with Gasteiger partial charge in [-0.3, -0.25) is 4.79 Å². The monoisotopic (exact) mass is 727 g/mol. The van der Waals surface area contributed by atoms with Crippen LogP contribution in [0.15, 0.2) is 78.7 Å². The van der Waals surface area contributed by atoms with E-state index < -0.39 is 0 Å². The number of aliphatic hydroxyl groups excluding tert-OH is 1. The van der Waals surface area contributed by atoms with Gasteiger partial charge in [-0.05, 0) is 59.2 Å². The van der Waals surface area contributed by atoms with Crippen LogP contribution in [0.4, 0.5) is 0 Å². The van der Waals surface area contributed by atoms with Crippen LogP contribution in [0.5, 0.6) is 0 Å². The van der Waals surface area contributed by atoms with Crippen LogP contribution in [0.25, 0.3) is 32.8 Å². The number of carbonyl (C=O) groups is 1. The zero-order valence-electron chi connectivity index (χ0n) is 23.9. The number of hydrogen-bond donors (Lipinski definition) is 1. The zero-order valence-corrected chi connectivity index (χ0v) is 26.3. The van der Waals surface area contributed by atoms with Crippen LogP contribution in [0.2, 0.25) is 0 Å². The Morgan fingerprint density at radius 3 is 2.20 bits per heavy atom. The van der Waals surface area contributed by atoms with E-state index in [1.807, 2.05) is 12.3 Å². The molecular weight excluding hydrogens is 683 g/mol. The van der Waals surface area contributed by atoms with Crippen molar-refractivity contribution in [1.29, 1.82) is 0 Å². The first-order valence-corrected chi connectivity index (χ1v) is 14.5. The molecule has 0 amide bonds. The van der Waals surface area contributed by atoms with Crippen molar-refractivity contribution in [2.75, 3.05) is 0 Å². The van der Waals surface area contributed by atoms with Crippen molar-refractivity contribution < 1.29 is 30.0 Å². The molecule has 219 valence electrons. The number of aliphatic hydroxyl groups is 1. The molecule has 6 rings (SSSR count). The Balaban J connectivity index is 0.000000237. The standard InChI is InChI=1S/C23H20N.C13H20O2.CH4.Ir/c1-23(2,3)18-12-11-17-13-14-24-22(21(17)15-18)20-10-6-8-16-7-4-5-9-19(16)20;14-12(10-5-1-2-6-10)9-13(15)11-7-3-4-8-11;;/h4-9,11-15H,1-3H3;9-11,14H,1-8H2;1H4;/q-1;;;. The van der Waals surface area contributed by atoms with Gasteiger partial charge in [0.2, 0.25) is 0 Å². The number of allylic oxidation sites excluding steroid dienone is 2. The minimum absolute atomic E-state index is 0. The molecule has 0 unspecified atom stereocenters. The van der Waals surface area contributed by atoms with Gasteiger partial charge in [0.15, 0.2) is 5.78 Å². The van der Waals surface area contributed by atoms with Gasteiger partial charge in [-0.25, -0.2) is 0 Å². The molecule has 0 saturated heterocycles. The van der Waals surface area contributed by atoms with Gasteiger partial charge in [0, 0.05) is 44.2 Å². The number of pyridine rings is 1. The normalized spacial score (nSPS) is 16.1. The molecule has 0 atom stereocenters. The van der Waals surface area contributed by atoms with Crippen LogP contribution >= 0.6 is 0 Å². The van der Waals surface area contributed by atoms with E-state index in [1.165, 1.54) is 58.9 Å². The van der Waals surface area contributed by atoms with Gasteiger partial charge in [0.1, 0.15) is 0 Å². The summed E-state index contributed by atoms with van der Waals surface area (Å²) in [6.45, 7) is 6.73. The van der Waals surface area contributed by atoms with E-state index in [0.717, 1.165) is 36.9 Å². The molecule has 0 spiro atoms. The van der Waals surface area contributed by atoms with E-state index in [2.05, 4.69) is 81.4 Å². The number of carbonyl (C=O) groups excluding carboxylic acids is 1. The number of nitrogens with zero attached hydrogens (tertiary/aromatic N) is 1. The second-order valence-corrected chi connectivity index (χ2v) is 12.2. The molecule has 1 N–H and O–H groups in total. The third kappa shape index (κ3) is 7.73. The Hall–Kier alpha value is -2.81. The van der Waals surface area contributed by atoms with Gasteiger partial charge in [-0.15, -0.1) is 29.1 Å². The molecule has 2 aliphatic carbocycles. The van der Waals surface area contributed by atoms with E-state index in [-0.39, 0.29) is 50.6 Å². The second kappa shape index (κ2) is 14.4. The van der Waals surface area contributed by atoms with Crippen molar-refractivity contribution >= 4 is 27.3 Å². The van der Waals surface area contributed by atoms with Crippen molar-refractivity contribution in [3.8, 4) is 11.3 Å². The van der Waals surface area contributed by atoms with E-state index in [1.54, 1.807) is 0 Å². The van der Waals surface area contributed by atoms with Crippen molar-refractivity contribution in [3.05, 3.63) is 90.3 Å². The Morgan fingerprint density at radius 2 is 1.51 bits per heavy atom. The molecule has 4 aromatic rings. The first-order chi connectivity index (χ1) is 18.8. The van der Waals surface area contributed by atoms with Crippen LogP contribution in [-0.4, -0.2) is 15.9 Å². The van der Waals surface area contributed by atoms with Gasteiger partial charge in [0.25, 0.3) is 0 Å². The van der Waals surface area contributed by atoms with Crippen molar-refractivity contribution in [2.45, 2.75) is 85.0 Å². The maximum atomic E-state index is 11.8. The van der Waals surface area contributed by atoms with Crippen LogP contribution in [0, 0.1) is 17.9 Å². The molecule has 2 fully saturated rings. The van der Waals surface area contributed by atoms with Crippen molar-refractivity contribution in [2.24, 2.45) is 11.8 Å². The molecule has 3 aromatic carbocycles. The quantitative estimate of drug-likeness (QED) is 0.129. The van der Waals surface area contributed by atoms with E-state index >= 15 is 0 Å².